The Balaban J connectivity index is 2.12. The Hall–Kier alpha value is -1.61. The standard InChI is InChI=1S/C16H23N3/c1-16(2,3)11-19-12-18-10-15(19)14(17)9-13-7-5-4-6-8-13/h4-8,10,12,14H,9,11,17H2,1-3H3/t14-/m1/s1. The fraction of sp³-hybridized carbons (Fsp3) is 0.438. The van der Waals surface area contributed by atoms with Gasteiger partial charge in [0.1, 0.15) is 0 Å². The van der Waals surface area contributed by atoms with Crippen molar-refractivity contribution in [3.63, 3.8) is 0 Å². The van der Waals surface area contributed by atoms with Crippen LogP contribution >= 0.6 is 0 Å². The first-order valence-electron chi connectivity index (χ1n) is 6.75. The second-order valence-electron chi connectivity index (χ2n) is 6.30. The number of imidazole rings is 1. The Kier molecular flexibility index (Phi) is 4.05. The third-order valence-corrected chi connectivity index (χ3v) is 3.07. The molecule has 1 aromatic heterocycles. The molecule has 3 nitrogen and oxygen atoms in total. The molecule has 0 aliphatic heterocycles. The Bertz CT molecular complexity index is 508. The zero-order valence-corrected chi connectivity index (χ0v) is 12.0. The molecular weight excluding hydrogens is 234 g/mol. The molecule has 1 aromatic carbocycles. The molecule has 0 saturated carbocycles. The van der Waals surface area contributed by atoms with Crippen LogP contribution in [-0.2, 0) is 13.0 Å². The fourth-order valence-electron chi connectivity index (χ4n) is 2.26. The number of benzene rings is 1. The first-order chi connectivity index (χ1) is 8.96. The number of hydrogen-bond donors (Lipinski definition) is 1. The summed E-state index contributed by atoms with van der Waals surface area (Å²) in [6.07, 6.45) is 4.61. The van der Waals surface area contributed by atoms with Gasteiger partial charge in [-0.05, 0) is 17.4 Å². The summed E-state index contributed by atoms with van der Waals surface area (Å²) in [6.45, 7) is 7.60. The molecule has 0 radical (unpaired) electrons. The molecule has 2 N–H and O–H groups in total. The maximum atomic E-state index is 6.33. The van der Waals surface area contributed by atoms with Crippen LogP contribution in [0.1, 0.15) is 38.1 Å². The van der Waals surface area contributed by atoms with Gasteiger partial charge < -0.3 is 10.3 Å². The van der Waals surface area contributed by atoms with Crippen molar-refractivity contribution in [1.82, 2.24) is 9.55 Å². The predicted octanol–water partition coefficient (Wildman–Crippen LogP) is 3.17. The lowest BCUT2D eigenvalue weighted by Crippen LogP contribution is -2.22. The van der Waals surface area contributed by atoms with E-state index in [2.05, 4.69) is 54.6 Å². The molecule has 2 rings (SSSR count). The summed E-state index contributed by atoms with van der Waals surface area (Å²) >= 11 is 0. The Morgan fingerprint density at radius 1 is 1.21 bits per heavy atom. The van der Waals surface area contributed by atoms with Crippen LogP contribution in [0.3, 0.4) is 0 Å². The Morgan fingerprint density at radius 2 is 1.89 bits per heavy atom. The van der Waals surface area contributed by atoms with Crippen LogP contribution in [0.4, 0.5) is 0 Å². The van der Waals surface area contributed by atoms with Crippen LogP contribution in [-0.4, -0.2) is 9.55 Å². The van der Waals surface area contributed by atoms with Gasteiger partial charge in [-0.25, -0.2) is 4.98 Å². The molecule has 0 fully saturated rings. The number of nitrogens with two attached hydrogens (primary N) is 1. The van der Waals surface area contributed by atoms with Crippen molar-refractivity contribution in [2.75, 3.05) is 0 Å². The zero-order valence-electron chi connectivity index (χ0n) is 12.0. The van der Waals surface area contributed by atoms with Gasteiger partial charge in [0, 0.05) is 12.7 Å². The van der Waals surface area contributed by atoms with Crippen LogP contribution in [0.5, 0.6) is 0 Å². The molecular formula is C16H23N3. The lowest BCUT2D eigenvalue weighted by atomic mass is 9.96. The first kappa shape index (κ1) is 13.8. The number of rotatable bonds is 4. The molecule has 0 unspecified atom stereocenters. The van der Waals surface area contributed by atoms with E-state index < -0.39 is 0 Å². The molecule has 19 heavy (non-hydrogen) atoms. The normalized spacial score (nSPS) is 13.5. The highest BCUT2D eigenvalue weighted by atomic mass is 15.1. The smallest absolute Gasteiger partial charge is 0.0948 e. The molecule has 0 amide bonds. The topological polar surface area (TPSA) is 43.8 Å². The average molecular weight is 257 g/mol. The molecule has 3 heteroatoms. The molecule has 0 bridgehead atoms. The van der Waals surface area contributed by atoms with E-state index in [0.717, 1.165) is 18.7 Å². The van der Waals surface area contributed by atoms with Gasteiger partial charge in [0.05, 0.1) is 18.1 Å². The molecule has 102 valence electrons. The van der Waals surface area contributed by atoms with E-state index in [-0.39, 0.29) is 11.5 Å². The summed E-state index contributed by atoms with van der Waals surface area (Å²) in [4.78, 5) is 4.25. The first-order valence-corrected chi connectivity index (χ1v) is 6.75. The van der Waals surface area contributed by atoms with Crippen molar-refractivity contribution in [2.24, 2.45) is 11.1 Å². The monoisotopic (exact) mass is 257 g/mol. The number of hydrogen-bond acceptors (Lipinski definition) is 2. The van der Waals surface area contributed by atoms with E-state index in [0.29, 0.717) is 0 Å². The summed E-state index contributed by atoms with van der Waals surface area (Å²) < 4.78 is 2.17. The van der Waals surface area contributed by atoms with Gasteiger partial charge in [0.25, 0.3) is 0 Å². The minimum Gasteiger partial charge on any atom is -0.333 e. The second kappa shape index (κ2) is 5.57. The highest BCUT2D eigenvalue weighted by Gasteiger charge is 2.17. The van der Waals surface area contributed by atoms with Gasteiger partial charge >= 0.3 is 0 Å². The lowest BCUT2D eigenvalue weighted by molar-refractivity contribution is 0.335. The summed E-state index contributed by atoms with van der Waals surface area (Å²) in [5.74, 6) is 0. The van der Waals surface area contributed by atoms with Crippen molar-refractivity contribution >= 4 is 0 Å². The van der Waals surface area contributed by atoms with E-state index in [1.807, 2.05) is 18.6 Å². The number of aromatic nitrogens is 2. The van der Waals surface area contributed by atoms with Crippen molar-refractivity contribution in [3.8, 4) is 0 Å². The third-order valence-electron chi connectivity index (χ3n) is 3.07. The minimum absolute atomic E-state index is 0.00718. The molecule has 0 saturated heterocycles. The predicted molar refractivity (Wildman–Crippen MR) is 78.8 cm³/mol. The minimum atomic E-state index is -0.00718. The largest absolute Gasteiger partial charge is 0.333 e. The fourth-order valence-corrected chi connectivity index (χ4v) is 2.26. The van der Waals surface area contributed by atoms with Crippen molar-refractivity contribution in [1.29, 1.82) is 0 Å². The number of nitrogens with zero attached hydrogens (tertiary/aromatic N) is 2. The highest BCUT2D eigenvalue weighted by molar-refractivity contribution is 5.18. The summed E-state index contributed by atoms with van der Waals surface area (Å²) in [5, 5.41) is 0. The van der Waals surface area contributed by atoms with Crippen LogP contribution in [0.15, 0.2) is 42.9 Å². The van der Waals surface area contributed by atoms with E-state index in [9.17, 15) is 0 Å². The lowest BCUT2D eigenvalue weighted by Gasteiger charge is -2.22. The molecule has 1 heterocycles. The highest BCUT2D eigenvalue weighted by Crippen LogP contribution is 2.21. The second-order valence-corrected chi connectivity index (χ2v) is 6.30. The summed E-state index contributed by atoms with van der Waals surface area (Å²) in [6, 6.07) is 10.4. The zero-order chi connectivity index (χ0) is 13.9. The maximum Gasteiger partial charge on any atom is 0.0948 e. The molecule has 2 aromatic rings. The molecule has 0 spiro atoms. The van der Waals surface area contributed by atoms with E-state index in [4.69, 9.17) is 5.73 Å². The van der Waals surface area contributed by atoms with Crippen LogP contribution in [0.25, 0.3) is 0 Å². The van der Waals surface area contributed by atoms with Crippen molar-refractivity contribution < 1.29 is 0 Å². The molecule has 0 aliphatic carbocycles. The van der Waals surface area contributed by atoms with Gasteiger partial charge in [0.15, 0.2) is 0 Å². The molecule has 1 atom stereocenters. The summed E-state index contributed by atoms with van der Waals surface area (Å²) in [7, 11) is 0. The Morgan fingerprint density at radius 3 is 2.53 bits per heavy atom. The summed E-state index contributed by atoms with van der Waals surface area (Å²) in [5.41, 5.74) is 8.93. The van der Waals surface area contributed by atoms with Gasteiger partial charge in [-0.2, -0.15) is 0 Å². The van der Waals surface area contributed by atoms with Gasteiger partial charge in [-0.3, -0.25) is 0 Å². The van der Waals surface area contributed by atoms with Crippen LogP contribution in [0.2, 0.25) is 0 Å². The van der Waals surface area contributed by atoms with Gasteiger partial charge in [-0.1, -0.05) is 51.1 Å². The van der Waals surface area contributed by atoms with Gasteiger partial charge in [-0.15, -0.1) is 0 Å². The van der Waals surface area contributed by atoms with Crippen molar-refractivity contribution in [2.45, 2.75) is 39.8 Å². The van der Waals surface area contributed by atoms with Crippen LogP contribution < -0.4 is 5.73 Å². The van der Waals surface area contributed by atoms with Gasteiger partial charge in [0.2, 0.25) is 0 Å². The average Bonchev–Trinajstić information content (AvgIpc) is 2.76. The Labute approximate surface area is 115 Å². The molecule has 0 aliphatic rings. The third kappa shape index (κ3) is 3.93. The van der Waals surface area contributed by atoms with Crippen molar-refractivity contribution in [3.05, 3.63) is 54.1 Å². The SMILES string of the molecule is CC(C)(C)Cn1cncc1[C@H](N)Cc1ccccc1. The van der Waals surface area contributed by atoms with E-state index in [1.165, 1.54) is 5.56 Å². The maximum absolute atomic E-state index is 6.33. The van der Waals surface area contributed by atoms with Crippen LogP contribution in [0, 0.1) is 5.41 Å². The van der Waals surface area contributed by atoms with E-state index >= 15 is 0 Å². The quantitative estimate of drug-likeness (QED) is 0.914. The van der Waals surface area contributed by atoms with E-state index in [1.54, 1.807) is 0 Å².